The number of carboxylic acid groups (broad SMARTS) is 1. The van der Waals surface area contributed by atoms with E-state index in [4.69, 9.17) is 5.11 Å². The molecule has 2 rings (SSSR count). The van der Waals surface area contributed by atoms with Crippen molar-refractivity contribution in [2.45, 2.75) is 20.3 Å². The predicted molar refractivity (Wildman–Crippen MR) is 79.4 cm³/mol. The quantitative estimate of drug-likeness (QED) is 0.904. The topological polar surface area (TPSA) is 79.3 Å². The highest BCUT2D eigenvalue weighted by atomic mass is 16.4. The first kappa shape index (κ1) is 14.7. The molecule has 0 unspecified atom stereocenters. The van der Waals surface area contributed by atoms with Crippen LogP contribution in [0.3, 0.4) is 0 Å². The molecule has 2 N–H and O–H groups in total. The molecule has 0 fully saturated rings. The van der Waals surface area contributed by atoms with Gasteiger partial charge in [0.25, 0.3) is 0 Å². The minimum Gasteiger partial charge on any atom is -0.478 e. The van der Waals surface area contributed by atoms with Gasteiger partial charge in [0, 0.05) is 6.20 Å². The minimum atomic E-state index is -1.10. The van der Waals surface area contributed by atoms with Gasteiger partial charge in [-0.05, 0) is 36.6 Å². The lowest BCUT2D eigenvalue weighted by Gasteiger charge is -2.08. The van der Waals surface area contributed by atoms with Crippen molar-refractivity contribution in [1.29, 1.82) is 0 Å². The van der Waals surface area contributed by atoms with Gasteiger partial charge in [0.1, 0.15) is 0 Å². The van der Waals surface area contributed by atoms with Gasteiger partial charge in [0.2, 0.25) is 5.91 Å². The summed E-state index contributed by atoms with van der Waals surface area (Å²) in [6.07, 6.45) is 2.90. The number of carboxylic acids is 1. The highest BCUT2D eigenvalue weighted by molar-refractivity contribution is 6.00. The van der Waals surface area contributed by atoms with Crippen LogP contribution in [0, 0.1) is 13.8 Å². The summed E-state index contributed by atoms with van der Waals surface area (Å²) in [5.41, 5.74) is 3.40. The molecule has 108 valence electrons. The Morgan fingerprint density at radius 1 is 1.19 bits per heavy atom. The first-order chi connectivity index (χ1) is 9.97. The van der Waals surface area contributed by atoms with E-state index in [2.05, 4.69) is 10.3 Å². The number of nitrogens with zero attached hydrogens (tertiary/aromatic N) is 1. The van der Waals surface area contributed by atoms with E-state index in [1.54, 1.807) is 0 Å². The second-order valence-corrected chi connectivity index (χ2v) is 4.87. The molecule has 0 aliphatic heterocycles. The average Bonchev–Trinajstić information content (AvgIpc) is 2.43. The van der Waals surface area contributed by atoms with Gasteiger partial charge in [-0.3, -0.25) is 9.78 Å². The molecule has 0 aliphatic carbocycles. The second-order valence-electron chi connectivity index (χ2n) is 4.87. The molecule has 0 saturated heterocycles. The fourth-order valence-electron chi connectivity index (χ4n) is 1.97. The summed E-state index contributed by atoms with van der Waals surface area (Å²) in [5.74, 6) is -1.37. The molecule has 1 aromatic heterocycles. The molecular weight excluding hydrogens is 268 g/mol. The van der Waals surface area contributed by atoms with Crippen molar-refractivity contribution < 1.29 is 14.7 Å². The number of aryl methyl sites for hydroxylation is 2. The third kappa shape index (κ3) is 3.66. The van der Waals surface area contributed by atoms with Crippen LogP contribution in [0.25, 0.3) is 0 Å². The van der Waals surface area contributed by atoms with Crippen molar-refractivity contribution in [2.75, 3.05) is 5.32 Å². The van der Waals surface area contributed by atoms with Crippen LogP contribution in [-0.2, 0) is 11.2 Å². The first-order valence-electron chi connectivity index (χ1n) is 6.50. The Morgan fingerprint density at radius 3 is 2.62 bits per heavy atom. The molecule has 0 saturated carbocycles. The number of amides is 1. The van der Waals surface area contributed by atoms with Gasteiger partial charge in [0.15, 0.2) is 0 Å². The van der Waals surface area contributed by atoms with E-state index in [9.17, 15) is 9.59 Å². The molecule has 0 radical (unpaired) electrons. The number of carbonyl (C=O) groups excluding carboxylic acids is 1. The number of anilines is 1. The predicted octanol–water partition coefficient (Wildman–Crippen LogP) is 2.58. The average molecular weight is 284 g/mol. The number of pyridine rings is 1. The van der Waals surface area contributed by atoms with Crippen molar-refractivity contribution in [3.63, 3.8) is 0 Å². The van der Waals surface area contributed by atoms with E-state index in [0.29, 0.717) is 0 Å². The van der Waals surface area contributed by atoms with Crippen molar-refractivity contribution in [1.82, 2.24) is 4.98 Å². The lowest BCUT2D eigenvalue weighted by molar-refractivity contribution is -0.115. The highest BCUT2D eigenvalue weighted by Gasteiger charge is 2.12. The molecule has 2 aromatic rings. The standard InChI is InChI=1S/C16H16N2O3/c1-10-3-4-12(7-11(10)2)8-15(19)18-14-9-17-6-5-13(14)16(20)21/h3-7,9H,8H2,1-2H3,(H,18,19)(H,20,21). The monoisotopic (exact) mass is 284 g/mol. The van der Waals surface area contributed by atoms with Gasteiger partial charge >= 0.3 is 5.97 Å². The van der Waals surface area contributed by atoms with Gasteiger partial charge in [-0.2, -0.15) is 0 Å². The van der Waals surface area contributed by atoms with E-state index in [-0.39, 0.29) is 23.6 Å². The van der Waals surface area contributed by atoms with E-state index >= 15 is 0 Å². The van der Waals surface area contributed by atoms with Crippen LogP contribution in [0.2, 0.25) is 0 Å². The zero-order valence-electron chi connectivity index (χ0n) is 11.9. The number of nitrogens with one attached hydrogen (secondary N) is 1. The van der Waals surface area contributed by atoms with E-state index in [0.717, 1.165) is 11.1 Å². The summed E-state index contributed by atoms with van der Waals surface area (Å²) in [5, 5.41) is 11.6. The van der Waals surface area contributed by atoms with E-state index in [1.807, 2.05) is 32.0 Å². The van der Waals surface area contributed by atoms with Gasteiger partial charge in [-0.25, -0.2) is 4.79 Å². The molecular formula is C16H16N2O3. The fourth-order valence-corrected chi connectivity index (χ4v) is 1.97. The number of carbonyl (C=O) groups is 2. The maximum Gasteiger partial charge on any atom is 0.337 e. The third-order valence-corrected chi connectivity index (χ3v) is 3.26. The Balaban J connectivity index is 2.12. The highest BCUT2D eigenvalue weighted by Crippen LogP contribution is 2.15. The zero-order chi connectivity index (χ0) is 15.4. The maximum atomic E-state index is 12.0. The maximum absolute atomic E-state index is 12.0. The summed E-state index contributed by atoms with van der Waals surface area (Å²) >= 11 is 0. The molecule has 0 aliphatic rings. The summed E-state index contributed by atoms with van der Waals surface area (Å²) in [6.45, 7) is 3.99. The number of aromatic carboxylic acids is 1. The van der Waals surface area contributed by atoms with Crippen molar-refractivity contribution in [3.8, 4) is 0 Å². The van der Waals surface area contributed by atoms with Crippen LogP contribution >= 0.6 is 0 Å². The SMILES string of the molecule is Cc1ccc(CC(=O)Nc2cnccc2C(=O)O)cc1C. The van der Waals surface area contributed by atoms with Gasteiger partial charge in [-0.15, -0.1) is 0 Å². The van der Waals surface area contributed by atoms with Crippen molar-refractivity contribution in [3.05, 3.63) is 58.9 Å². The van der Waals surface area contributed by atoms with Gasteiger partial charge in [0.05, 0.1) is 23.9 Å². The first-order valence-corrected chi connectivity index (χ1v) is 6.50. The van der Waals surface area contributed by atoms with Crippen LogP contribution in [0.1, 0.15) is 27.0 Å². The largest absolute Gasteiger partial charge is 0.478 e. The van der Waals surface area contributed by atoms with Gasteiger partial charge < -0.3 is 10.4 Å². The third-order valence-electron chi connectivity index (χ3n) is 3.26. The Labute approximate surface area is 122 Å². The minimum absolute atomic E-state index is 0.0263. The van der Waals surface area contributed by atoms with Crippen LogP contribution in [0.4, 0.5) is 5.69 Å². The van der Waals surface area contributed by atoms with Crippen molar-refractivity contribution in [2.24, 2.45) is 0 Å². The fraction of sp³-hybridized carbons (Fsp3) is 0.188. The van der Waals surface area contributed by atoms with Crippen molar-refractivity contribution >= 4 is 17.6 Å². The summed E-state index contributed by atoms with van der Waals surface area (Å²) in [7, 11) is 0. The molecule has 0 spiro atoms. The van der Waals surface area contributed by atoms with Crippen LogP contribution in [-0.4, -0.2) is 22.0 Å². The zero-order valence-corrected chi connectivity index (χ0v) is 11.9. The normalized spacial score (nSPS) is 10.2. The molecule has 1 heterocycles. The number of benzene rings is 1. The lowest BCUT2D eigenvalue weighted by atomic mass is 10.0. The number of hydrogen-bond donors (Lipinski definition) is 2. The second kappa shape index (κ2) is 6.17. The van der Waals surface area contributed by atoms with Crippen LogP contribution < -0.4 is 5.32 Å². The number of hydrogen-bond acceptors (Lipinski definition) is 3. The van der Waals surface area contributed by atoms with Crippen LogP contribution in [0.5, 0.6) is 0 Å². The Hall–Kier alpha value is -2.69. The Morgan fingerprint density at radius 2 is 1.95 bits per heavy atom. The number of rotatable bonds is 4. The summed E-state index contributed by atoms with van der Waals surface area (Å²) in [4.78, 5) is 26.9. The molecule has 21 heavy (non-hydrogen) atoms. The van der Waals surface area contributed by atoms with E-state index in [1.165, 1.54) is 24.0 Å². The van der Waals surface area contributed by atoms with E-state index < -0.39 is 5.97 Å². The molecule has 5 heteroatoms. The molecule has 0 atom stereocenters. The Bertz CT molecular complexity index is 696. The summed E-state index contributed by atoms with van der Waals surface area (Å²) < 4.78 is 0. The number of aromatic nitrogens is 1. The Kier molecular flexibility index (Phi) is 4.33. The molecule has 1 amide bonds. The summed E-state index contributed by atoms with van der Waals surface area (Å²) in [6, 6.07) is 7.16. The lowest BCUT2D eigenvalue weighted by Crippen LogP contribution is -2.17. The van der Waals surface area contributed by atoms with Crippen LogP contribution in [0.15, 0.2) is 36.7 Å². The molecule has 0 bridgehead atoms. The molecule has 1 aromatic carbocycles. The molecule has 5 nitrogen and oxygen atoms in total. The smallest absolute Gasteiger partial charge is 0.337 e. The van der Waals surface area contributed by atoms with Gasteiger partial charge in [-0.1, -0.05) is 18.2 Å².